The zero-order valence-corrected chi connectivity index (χ0v) is 16.4. The molecule has 28 heavy (non-hydrogen) atoms. The number of aromatic nitrogens is 3. The zero-order chi connectivity index (χ0) is 19.3. The number of aryl methyl sites for hydroxylation is 2. The third kappa shape index (κ3) is 4.39. The van der Waals surface area contributed by atoms with Crippen molar-refractivity contribution in [3.8, 4) is 0 Å². The fraction of sp³-hybridized carbons (Fsp3) is 0.318. The lowest BCUT2D eigenvalue weighted by Gasteiger charge is -2.27. The molecule has 0 aliphatic carbocycles. The molecule has 1 fully saturated rings. The Balaban J connectivity index is 1.66. The van der Waals surface area contributed by atoms with Gasteiger partial charge in [-0.15, -0.1) is 0 Å². The van der Waals surface area contributed by atoms with Gasteiger partial charge < -0.3 is 15.5 Å². The zero-order valence-electron chi connectivity index (χ0n) is 16.4. The normalized spacial score (nSPS) is 14.0. The Morgan fingerprint density at radius 3 is 2.21 bits per heavy atom. The van der Waals surface area contributed by atoms with Gasteiger partial charge >= 0.3 is 0 Å². The smallest absolute Gasteiger partial charge is 0.233 e. The molecule has 0 spiro atoms. The van der Waals surface area contributed by atoms with Crippen LogP contribution in [0.4, 0.5) is 29.2 Å². The number of rotatable bonds is 5. The van der Waals surface area contributed by atoms with Gasteiger partial charge in [-0.2, -0.15) is 15.0 Å². The van der Waals surface area contributed by atoms with E-state index in [-0.39, 0.29) is 0 Å². The van der Waals surface area contributed by atoms with Gasteiger partial charge in [0, 0.05) is 24.5 Å². The lowest BCUT2D eigenvalue weighted by Crippen LogP contribution is -2.31. The molecule has 0 saturated carbocycles. The van der Waals surface area contributed by atoms with Crippen LogP contribution in [-0.2, 0) is 0 Å². The van der Waals surface area contributed by atoms with Crippen molar-refractivity contribution in [1.82, 2.24) is 15.0 Å². The highest BCUT2D eigenvalue weighted by Gasteiger charge is 2.17. The van der Waals surface area contributed by atoms with Crippen LogP contribution in [0.5, 0.6) is 0 Å². The third-order valence-corrected chi connectivity index (χ3v) is 4.92. The van der Waals surface area contributed by atoms with Crippen LogP contribution < -0.4 is 15.5 Å². The van der Waals surface area contributed by atoms with E-state index in [0.29, 0.717) is 11.9 Å². The van der Waals surface area contributed by atoms with Gasteiger partial charge in [-0.25, -0.2) is 0 Å². The first-order valence-corrected chi connectivity index (χ1v) is 9.85. The maximum Gasteiger partial charge on any atom is 0.233 e. The van der Waals surface area contributed by atoms with Crippen molar-refractivity contribution in [2.24, 2.45) is 0 Å². The van der Waals surface area contributed by atoms with Gasteiger partial charge in [0.1, 0.15) is 0 Å². The maximum absolute atomic E-state index is 4.71. The Kier molecular flexibility index (Phi) is 5.37. The van der Waals surface area contributed by atoms with Gasteiger partial charge in [0.25, 0.3) is 0 Å². The molecule has 144 valence electrons. The standard InChI is InChI=1S/C22H26N6/c1-16-11-12-19(17(2)15-16)24-21-25-20(23-18-9-5-3-6-10-18)26-22(27-21)28-13-7-4-8-14-28/h3,5-6,9-12,15H,4,7-8,13-14H2,1-2H3,(H2,23,24,25,26,27). The van der Waals surface area contributed by atoms with Crippen molar-refractivity contribution in [3.05, 3.63) is 59.7 Å². The summed E-state index contributed by atoms with van der Waals surface area (Å²) in [5.41, 5.74) is 4.36. The number of piperidine rings is 1. The van der Waals surface area contributed by atoms with Crippen LogP contribution in [0.25, 0.3) is 0 Å². The highest BCUT2D eigenvalue weighted by Crippen LogP contribution is 2.24. The van der Waals surface area contributed by atoms with E-state index in [1.54, 1.807) is 0 Å². The molecular formula is C22H26N6. The predicted molar refractivity (Wildman–Crippen MR) is 115 cm³/mol. The monoisotopic (exact) mass is 374 g/mol. The van der Waals surface area contributed by atoms with Crippen molar-refractivity contribution in [1.29, 1.82) is 0 Å². The van der Waals surface area contributed by atoms with Gasteiger partial charge in [0.2, 0.25) is 17.8 Å². The number of nitrogens with zero attached hydrogens (tertiary/aromatic N) is 4. The lowest BCUT2D eigenvalue weighted by molar-refractivity contribution is 0.568. The molecule has 1 aliphatic rings. The molecule has 6 heteroatoms. The van der Waals surface area contributed by atoms with E-state index in [1.165, 1.54) is 24.8 Å². The van der Waals surface area contributed by atoms with Gasteiger partial charge in [0.15, 0.2) is 0 Å². The number of nitrogens with one attached hydrogen (secondary N) is 2. The summed E-state index contributed by atoms with van der Waals surface area (Å²) in [6.45, 7) is 6.15. The van der Waals surface area contributed by atoms with Crippen LogP contribution >= 0.6 is 0 Å². The molecule has 2 heterocycles. The molecule has 1 saturated heterocycles. The molecule has 4 rings (SSSR count). The Bertz CT molecular complexity index is 935. The Labute approximate surface area is 166 Å². The van der Waals surface area contributed by atoms with Crippen molar-refractivity contribution >= 4 is 29.2 Å². The largest absolute Gasteiger partial charge is 0.341 e. The SMILES string of the molecule is Cc1ccc(Nc2nc(Nc3ccccc3)nc(N3CCCCC3)n2)c(C)c1. The third-order valence-electron chi connectivity index (χ3n) is 4.92. The van der Waals surface area contributed by atoms with Crippen molar-refractivity contribution in [2.75, 3.05) is 28.6 Å². The van der Waals surface area contributed by atoms with E-state index in [9.17, 15) is 0 Å². The molecule has 2 N–H and O–H groups in total. The Morgan fingerprint density at radius 2 is 1.50 bits per heavy atom. The molecule has 2 aromatic carbocycles. The minimum absolute atomic E-state index is 0.550. The first-order valence-electron chi connectivity index (χ1n) is 9.85. The van der Waals surface area contributed by atoms with Gasteiger partial charge in [-0.1, -0.05) is 35.9 Å². The van der Waals surface area contributed by atoms with E-state index in [4.69, 9.17) is 4.98 Å². The molecule has 0 amide bonds. The number of benzene rings is 2. The van der Waals surface area contributed by atoms with E-state index in [2.05, 4.69) is 57.5 Å². The molecule has 0 atom stereocenters. The molecule has 0 radical (unpaired) electrons. The first kappa shape index (κ1) is 18.2. The molecule has 0 unspecified atom stereocenters. The second kappa shape index (κ2) is 8.25. The van der Waals surface area contributed by atoms with Gasteiger partial charge in [-0.05, 0) is 56.9 Å². The van der Waals surface area contributed by atoms with Crippen molar-refractivity contribution < 1.29 is 0 Å². The van der Waals surface area contributed by atoms with Crippen LogP contribution in [0.3, 0.4) is 0 Å². The molecule has 6 nitrogen and oxygen atoms in total. The molecule has 0 bridgehead atoms. The Morgan fingerprint density at radius 1 is 0.786 bits per heavy atom. The quantitative estimate of drug-likeness (QED) is 0.657. The number of hydrogen-bond donors (Lipinski definition) is 2. The summed E-state index contributed by atoms with van der Waals surface area (Å²) in [7, 11) is 0. The Hall–Kier alpha value is -3.15. The summed E-state index contributed by atoms with van der Waals surface area (Å²) in [5.74, 6) is 1.83. The van der Waals surface area contributed by atoms with Crippen LogP contribution in [0, 0.1) is 13.8 Å². The molecular weight excluding hydrogens is 348 g/mol. The molecule has 1 aliphatic heterocycles. The maximum atomic E-state index is 4.71. The minimum Gasteiger partial charge on any atom is -0.341 e. The first-order chi connectivity index (χ1) is 13.7. The fourth-order valence-electron chi connectivity index (χ4n) is 3.44. The highest BCUT2D eigenvalue weighted by atomic mass is 15.3. The number of para-hydroxylation sites is 1. The summed E-state index contributed by atoms with van der Waals surface area (Å²) in [5, 5.41) is 6.68. The molecule has 1 aromatic heterocycles. The summed E-state index contributed by atoms with van der Waals surface area (Å²) in [4.78, 5) is 16.2. The van der Waals surface area contributed by atoms with Crippen LogP contribution in [-0.4, -0.2) is 28.0 Å². The predicted octanol–water partition coefficient (Wildman–Crippen LogP) is 4.97. The van der Waals surface area contributed by atoms with E-state index < -0.39 is 0 Å². The van der Waals surface area contributed by atoms with Crippen molar-refractivity contribution in [2.45, 2.75) is 33.1 Å². The van der Waals surface area contributed by atoms with E-state index >= 15 is 0 Å². The van der Waals surface area contributed by atoms with E-state index in [1.807, 2.05) is 30.3 Å². The molecule has 3 aromatic rings. The van der Waals surface area contributed by atoms with Gasteiger partial charge in [0.05, 0.1) is 0 Å². The second-order valence-corrected chi connectivity index (χ2v) is 7.26. The lowest BCUT2D eigenvalue weighted by atomic mass is 10.1. The van der Waals surface area contributed by atoms with Crippen LogP contribution in [0.15, 0.2) is 48.5 Å². The summed E-state index contributed by atoms with van der Waals surface area (Å²) in [6, 6.07) is 16.3. The van der Waals surface area contributed by atoms with Crippen molar-refractivity contribution in [3.63, 3.8) is 0 Å². The topological polar surface area (TPSA) is 66.0 Å². The summed E-state index contributed by atoms with van der Waals surface area (Å²) < 4.78 is 0. The average molecular weight is 374 g/mol. The average Bonchev–Trinajstić information content (AvgIpc) is 2.71. The fourth-order valence-corrected chi connectivity index (χ4v) is 3.44. The highest BCUT2D eigenvalue weighted by molar-refractivity contribution is 5.62. The number of hydrogen-bond acceptors (Lipinski definition) is 6. The minimum atomic E-state index is 0.550. The van der Waals surface area contributed by atoms with Crippen LogP contribution in [0.2, 0.25) is 0 Å². The van der Waals surface area contributed by atoms with Gasteiger partial charge in [-0.3, -0.25) is 0 Å². The summed E-state index contributed by atoms with van der Waals surface area (Å²) in [6.07, 6.45) is 3.62. The van der Waals surface area contributed by atoms with Crippen LogP contribution in [0.1, 0.15) is 30.4 Å². The summed E-state index contributed by atoms with van der Waals surface area (Å²) >= 11 is 0. The van der Waals surface area contributed by atoms with E-state index in [0.717, 1.165) is 36.0 Å². The number of anilines is 5. The second-order valence-electron chi connectivity index (χ2n) is 7.26.